The average molecular weight is 306 g/mol. The molecule has 0 bridgehead atoms. The summed E-state index contributed by atoms with van der Waals surface area (Å²) < 4.78 is 38.0. The second-order valence-corrected chi connectivity index (χ2v) is 4.57. The smallest absolute Gasteiger partial charge is 0.395 e. The maximum Gasteiger partial charge on any atom is 0.405 e. The fourth-order valence-electron chi connectivity index (χ4n) is 1.99. The number of hydrogen-bond acceptors (Lipinski definition) is 5. The first-order chi connectivity index (χ1) is 9.92. The Morgan fingerprint density at radius 1 is 1.29 bits per heavy atom. The number of rotatable bonds is 8. The van der Waals surface area contributed by atoms with Crippen LogP contribution in [0.5, 0.6) is 0 Å². The summed E-state index contributed by atoms with van der Waals surface area (Å²) in [5.74, 6) is 0.770. The van der Waals surface area contributed by atoms with Crippen LogP contribution in [0.4, 0.5) is 24.8 Å². The molecule has 0 spiro atoms. The normalized spacial score (nSPS) is 11.5. The maximum atomic E-state index is 12.7. The van der Waals surface area contributed by atoms with Crippen molar-refractivity contribution in [3.63, 3.8) is 0 Å². The Labute approximate surface area is 122 Å². The van der Waals surface area contributed by atoms with E-state index in [9.17, 15) is 13.2 Å². The minimum atomic E-state index is -4.36. The summed E-state index contributed by atoms with van der Waals surface area (Å²) in [6.45, 7) is 2.86. The molecule has 21 heavy (non-hydrogen) atoms. The lowest BCUT2D eigenvalue weighted by molar-refractivity contribution is -0.120. The van der Waals surface area contributed by atoms with Gasteiger partial charge in [-0.05, 0) is 12.8 Å². The van der Waals surface area contributed by atoms with Crippen LogP contribution in [0.1, 0.15) is 25.8 Å². The molecule has 2 N–H and O–H groups in total. The lowest BCUT2D eigenvalue weighted by atomic mass is 10.2. The maximum absolute atomic E-state index is 12.7. The van der Waals surface area contributed by atoms with E-state index in [2.05, 4.69) is 15.3 Å². The number of aromatic nitrogens is 2. The molecule has 1 rings (SSSR count). The van der Waals surface area contributed by atoms with Crippen LogP contribution in [-0.2, 0) is 6.42 Å². The number of hydrogen-bond donors (Lipinski definition) is 2. The summed E-state index contributed by atoms with van der Waals surface area (Å²) in [6.07, 6.45) is -1.73. The SMILES string of the molecule is CCCNc1ncnc(N(CCO)CC(F)(F)F)c1CC. The molecule has 0 amide bonds. The summed E-state index contributed by atoms with van der Waals surface area (Å²) in [4.78, 5) is 9.12. The molecule has 5 nitrogen and oxygen atoms in total. The van der Waals surface area contributed by atoms with Gasteiger partial charge in [0.1, 0.15) is 24.5 Å². The summed E-state index contributed by atoms with van der Waals surface area (Å²) in [5, 5.41) is 12.1. The van der Waals surface area contributed by atoms with E-state index >= 15 is 0 Å². The lowest BCUT2D eigenvalue weighted by Gasteiger charge is -2.26. The summed E-state index contributed by atoms with van der Waals surface area (Å²) in [7, 11) is 0. The third-order valence-corrected chi connectivity index (χ3v) is 2.86. The van der Waals surface area contributed by atoms with Crippen molar-refractivity contribution in [1.29, 1.82) is 0 Å². The van der Waals surface area contributed by atoms with Gasteiger partial charge in [-0.15, -0.1) is 0 Å². The van der Waals surface area contributed by atoms with E-state index in [0.29, 0.717) is 24.3 Å². The van der Waals surface area contributed by atoms with Crippen LogP contribution in [0, 0.1) is 0 Å². The summed E-state index contributed by atoms with van der Waals surface area (Å²) >= 11 is 0. The van der Waals surface area contributed by atoms with Gasteiger partial charge in [0.05, 0.1) is 6.61 Å². The van der Waals surface area contributed by atoms with E-state index in [4.69, 9.17) is 5.11 Å². The van der Waals surface area contributed by atoms with E-state index in [1.54, 1.807) is 0 Å². The average Bonchev–Trinajstić information content (AvgIpc) is 2.42. The number of alkyl halides is 3. The summed E-state index contributed by atoms with van der Waals surface area (Å²) in [5.41, 5.74) is 0.628. The first-order valence-electron chi connectivity index (χ1n) is 6.93. The number of nitrogens with zero attached hydrogens (tertiary/aromatic N) is 3. The molecule has 0 aliphatic heterocycles. The first-order valence-corrected chi connectivity index (χ1v) is 6.93. The van der Waals surface area contributed by atoms with Crippen LogP contribution in [0.15, 0.2) is 6.33 Å². The van der Waals surface area contributed by atoms with Crippen LogP contribution in [0.25, 0.3) is 0 Å². The van der Waals surface area contributed by atoms with Crippen molar-refractivity contribution in [1.82, 2.24) is 9.97 Å². The predicted octanol–water partition coefficient (Wildman–Crippen LogP) is 2.22. The Kier molecular flexibility index (Phi) is 6.67. The van der Waals surface area contributed by atoms with Crippen molar-refractivity contribution in [2.24, 2.45) is 0 Å². The second kappa shape index (κ2) is 8.02. The van der Waals surface area contributed by atoms with Gasteiger partial charge in [0.15, 0.2) is 0 Å². The Balaban J connectivity index is 3.11. The van der Waals surface area contributed by atoms with Crippen molar-refractivity contribution in [2.45, 2.75) is 32.9 Å². The quantitative estimate of drug-likeness (QED) is 0.771. The monoisotopic (exact) mass is 306 g/mol. The summed E-state index contributed by atoms with van der Waals surface area (Å²) in [6, 6.07) is 0. The molecule has 0 saturated heterocycles. The molecular formula is C13H21F3N4O. The molecule has 1 aromatic heterocycles. The second-order valence-electron chi connectivity index (χ2n) is 4.57. The van der Waals surface area contributed by atoms with Crippen LogP contribution < -0.4 is 10.2 Å². The molecule has 0 aromatic carbocycles. The fraction of sp³-hybridized carbons (Fsp3) is 0.692. The van der Waals surface area contributed by atoms with Gasteiger partial charge < -0.3 is 15.3 Å². The molecule has 120 valence electrons. The molecule has 0 aliphatic rings. The molecule has 0 saturated carbocycles. The van der Waals surface area contributed by atoms with E-state index in [1.165, 1.54) is 6.33 Å². The van der Waals surface area contributed by atoms with Gasteiger partial charge in [0, 0.05) is 18.7 Å². The number of nitrogens with one attached hydrogen (secondary N) is 1. The van der Waals surface area contributed by atoms with Crippen LogP contribution in [0.2, 0.25) is 0 Å². The molecule has 0 unspecified atom stereocenters. The predicted molar refractivity (Wildman–Crippen MR) is 75.5 cm³/mol. The Morgan fingerprint density at radius 2 is 2.00 bits per heavy atom. The molecule has 1 heterocycles. The van der Waals surface area contributed by atoms with Crippen molar-refractivity contribution in [3.05, 3.63) is 11.9 Å². The van der Waals surface area contributed by atoms with Gasteiger partial charge in [-0.2, -0.15) is 13.2 Å². The highest BCUT2D eigenvalue weighted by Crippen LogP contribution is 2.27. The number of aliphatic hydroxyl groups is 1. The van der Waals surface area contributed by atoms with Crippen molar-refractivity contribution < 1.29 is 18.3 Å². The lowest BCUT2D eigenvalue weighted by Crippen LogP contribution is -2.37. The van der Waals surface area contributed by atoms with Crippen molar-refractivity contribution in [3.8, 4) is 0 Å². The third-order valence-electron chi connectivity index (χ3n) is 2.86. The fourth-order valence-corrected chi connectivity index (χ4v) is 1.99. The Bertz CT molecular complexity index is 440. The zero-order valence-corrected chi connectivity index (χ0v) is 12.2. The number of aliphatic hydroxyl groups excluding tert-OH is 1. The van der Waals surface area contributed by atoms with E-state index < -0.39 is 12.7 Å². The van der Waals surface area contributed by atoms with Crippen LogP contribution in [0.3, 0.4) is 0 Å². The minimum Gasteiger partial charge on any atom is -0.395 e. The number of halogens is 3. The van der Waals surface area contributed by atoms with Gasteiger partial charge in [-0.3, -0.25) is 0 Å². The molecule has 0 fully saturated rings. The topological polar surface area (TPSA) is 61.3 Å². The zero-order valence-electron chi connectivity index (χ0n) is 12.2. The molecule has 0 aliphatic carbocycles. The van der Waals surface area contributed by atoms with Gasteiger partial charge >= 0.3 is 6.18 Å². The highest BCUT2D eigenvalue weighted by molar-refractivity contribution is 5.59. The highest BCUT2D eigenvalue weighted by atomic mass is 19.4. The van der Waals surface area contributed by atoms with Crippen molar-refractivity contribution in [2.75, 3.05) is 36.5 Å². The Hall–Kier alpha value is -1.57. The van der Waals surface area contributed by atoms with Crippen molar-refractivity contribution >= 4 is 11.6 Å². The minimum absolute atomic E-state index is 0.128. The van der Waals surface area contributed by atoms with Gasteiger partial charge in [0.2, 0.25) is 0 Å². The third kappa shape index (κ3) is 5.37. The molecule has 0 atom stereocenters. The van der Waals surface area contributed by atoms with Crippen LogP contribution >= 0.6 is 0 Å². The molecule has 8 heteroatoms. The van der Waals surface area contributed by atoms with Gasteiger partial charge in [-0.1, -0.05) is 13.8 Å². The van der Waals surface area contributed by atoms with Gasteiger partial charge in [-0.25, -0.2) is 9.97 Å². The highest BCUT2D eigenvalue weighted by Gasteiger charge is 2.32. The number of anilines is 2. The molecule has 1 aromatic rings. The molecule has 0 radical (unpaired) electrons. The van der Waals surface area contributed by atoms with E-state index in [0.717, 1.165) is 11.3 Å². The Morgan fingerprint density at radius 3 is 2.52 bits per heavy atom. The van der Waals surface area contributed by atoms with Crippen LogP contribution in [-0.4, -0.2) is 47.5 Å². The van der Waals surface area contributed by atoms with E-state index in [1.807, 2.05) is 13.8 Å². The standard InChI is InChI=1S/C13H21F3N4O/c1-3-5-17-11-10(4-2)12(19-9-18-11)20(6-7-21)8-13(14,15)16/h9,21H,3-8H2,1-2H3,(H,17,18,19). The zero-order chi connectivity index (χ0) is 15.9. The molecular weight excluding hydrogens is 285 g/mol. The van der Waals surface area contributed by atoms with E-state index in [-0.39, 0.29) is 19.0 Å². The largest absolute Gasteiger partial charge is 0.405 e. The van der Waals surface area contributed by atoms with Gasteiger partial charge in [0.25, 0.3) is 0 Å². The first kappa shape index (κ1) is 17.5.